The molecule has 3 nitrogen and oxygen atoms in total. The highest BCUT2D eigenvalue weighted by Gasteiger charge is 2.38. The lowest BCUT2D eigenvalue weighted by atomic mass is 9.73. The van der Waals surface area contributed by atoms with Gasteiger partial charge in [-0.3, -0.25) is 0 Å². The Balaban J connectivity index is 2.42. The molecule has 25 heavy (non-hydrogen) atoms. The third-order valence-corrected chi connectivity index (χ3v) is 5.02. The van der Waals surface area contributed by atoms with E-state index < -0.39 is 6.29 Å². The lowest BCUT2D eigenvalue weighted by molar-refractivity contribution is -0.0952. The van der Waals surface area contributed by atoms with Crippen LogP contribution < -0.4 is 5.32 Å². The molecule has 3 atom stereocenters. The van der Waals surface area contributed by atoms with Crippen LogP contribution in [-0.4, -0.2) is 24.5 Å². The number of aliphatic hydroxyl groups excluding tert-OH is 1. The van der Waals surface area contributed by atoms with E-state index in [4.69, 9.17) is 4.74 Å². The Labute approximate surface area is 150 Å². The topological polar surface area (TPSA) is 41.5 Å². The molecule has 1 heterocycles. The molecule has 132 valence electrons. The van der Waals surface area contributed by atoms with E-state index >= 15 is 0 Å². The van der Waals surface area contributed by atoms with Crippen molar-refractivity contribution in [2.45, 2.75) is 44.4 Å². The quantitative estimate of drug-likeness (QED) is 0.647. The first-order valence-electron chi connectivity index (χ1n) is 8.65. The van der Waals surface area contributed by atoms with E-state index in [-0.39, 0.29) is 17.4 Å². The van der Waals surface area contributed by atoms with Gasteiger partial charge in [-0.2, -0.15) is 0 Å². The summed E-state index contributed by atoms with van der Waals surface area (Å²) in [5.41, 5.74) is 4.19. The van der Waals surface area contributed by atoms with E-state index in [1.54, 1.807) is 0 Å². The summed E-state index contributed by atoms with van der Waals surface area (Å²) >= 11 is 0. The summed E-state index contributed by atoms with van der Waals surface area (Å²) in [5.74, 6) is -0.242. The summed E-state index contributed by atoms with van der Waals surface area (Å²) in [5, 5.41) is 16.3. The number of ether oxygens (including phenoxy) is 1. The second-order valence-corrected chi connectivity index (χ2v) is 7.72. The number of benzene rings is 2. The molecule has 1 aliphatic rings. The highest BCUT2D eigenvalue weighted by Crippen LogP contribution is 2.44. The van der Waals surface area contributed by atoms with E-state index in [1.807, 2.05) is 12.1 Å². The Morgan fingerprint density at radius 1 is 1.28 bits per heavy atom. The van der Waals surface area contributed by atoms with Crippen molar-refractivity contribution in [3.63, 3.8) is 0 Å². The van der Waals surface area contributed by atoms with Crippen LogP contribution in [0.15, 0.2) is 49.6 Å². The van der Waals surface area contributed by atoms with Crippen molar-refractivity contribution in [3.8, 4) is 0 Å². The Morgan fingerprint density at radius 3 is 2.56 bits per heavy atom. The average molecular weight is 337 g/mol. The highest BCUT2D eigenvalue weighted by molar-refractivity contribution is 5.93. The van der Waals surface area contributed by atoms with Gasteiger partial charge in [-0.05, 0) is 33.4 Å². The SMILES string of the molecule is C=CC1NC(=C)c2c(cc3ccccc3c2C(C)(C)C)C1C(O)OC. The Morgan fingerprint density at radius 2 is 1.96 bits per heavy atom. The third kappa shape index (κ3) is 2.88. The summed E-state index contributed by atoms with van der Waals surface area (Å²) in [6.45, 7) is 14.8. The van der Waals surface area contributed by atoms with Gasteiger partial charge in [0.05, 0.1) is 12.0 Å². The minimum Gasteiger partial charge on any atom is -0.378 e. The summed E-state index contributed by atoms with van der Waals surface area (Å²) in [6, 6.07) is 10.4. The van der Waals surface area contributed by atoms with Gasteiger partial charge in [0.25, 0.3) is 0 Å². The summed E-state index contributed by atoms with van der Waals surface area (Å²) in [4.78, 5) is 0. The first-order valence-corrected chi connectivity index (χ1v) is 8.65. The fourth-order valence-electron chi connectivity index (χ4n) is 3.98. The Kier molecular flexibility index (Phi) is 4.48. The van der Waals surface area contributed by atoms with Gasteiger partial charge >= 0.3 is 0 Å². The zero-order valence-corrected chi connectivity index (χ0v) is 15.5. The fourth-order valence-corrected chi connectivity index (χ4v) is 3.98. The van der Waals surface area contributed by atoms with Crippen molar-refractivity contribution in [2.24, 2.45) is 0 Å². The maximum Gasteiger partial charge on any atom is 0.163 e. The van der Waals surface area contributed by atoms with Crippen LogP contribution in [0.4, 0.5) is 0 Å². The molecular formula is C22H27NO2. The second-order valence-electron chi connectivity index (χ2n) is 7.72. The van der Waals surface area contributed by atoms with Crippen molar-refractivity contribution in [3.05, 3.63) is 66.3 Å². The maximum atomic E-state index is 10.5. The van der Waals surface area contributed by atoms with Crippen LogP contribution in [0.2, 0.25) is 0 Å². The Bertz CT molecular complexity index is 832. The van der Waals surface area contributed by atoms with E-state index in [0.29, 0.717) is 0 Å². The molecule has 0 aromatic heterocycles. The third-order valence-electron chi connectivity index (χ3n) is 5.02. The van der Waals surface area contributed by atoms with Crippen molar-refractivity contribution in [1.82, 2.24) is 5.32 Å². The smallest absolute Gasteiger partial charge is 0.163 e. The number of nitrogens with one attached hydrogen (secondary N) is 1. The molecule has 0 saturated heterocycles. The molecular weight excluding hydrogens is 310 g/mol. The number of rotatable bonds is 3. The molecule has 0 radical (unpaired) electrons. The van der Waals surface area contributed by atoms with Crippen LogP contribution in [-0.2, 0) is 10.2 Å². The van der Waals surface area contributed by atoms with E-state index in [1.165, 1.54) is 18.1 Å². The van der Waals surface area contributed by atoms with Gasteiger partial charge in [-0.15, -0.1) is 6.58 Å². The van der Waals surface area contributed by atoms with Crippen molar-refractivity contribution in [2.75, 3.05) is 7.11 Å². The lowest BCUT2D eigenvalue weighted by Crippen LogP contribution is -2.43. The van der Waals surface area contributed by atoms with Crippen LogP contribution in [0.25, 0.3) is 16.5 Å². The van der Waals surface area contributed by atoms with Crippen molar-refractivity contribution >= 4 is 16.5 Å². The monoisotopic (exact) mass is 337 g/mol. The zero-order valence-electron chi connectivity index (χ0n) is 15.5. The van der Waals surface area contributed by atoms with Gasteiger partial charge in [-0.1, -0.05) is 57.7 Å². The van der Waals surface area contributed by atoms with Crippen LogP contribution in [0.5, 0.6) is 0 Å². The number of fused-ring (bicyclic) bond motifs is 2. The molecule has 2 aromatic rings. The average Bonchev–Trinajstić information content (AvgIpc) is 2.58. The number of hydrogen-bond donors (Lipinski definition) is 2. The van der Waals surface area contributed by atoms with E-state index in [9.17, 15) is 5.11 Å². The molecule has 0 amide bonds. The number of aliphatic hydroxyl groups is 1. The van der Waals surface area contributed by atoms with Crippen LogP contribution >= 0.6 is 0 Å². The highest BCUT2D eigenvalue weighted by atomic mass is 16.6. The molecule has 1 aliphatic heterocycles. The molecule has 3 rings (SSSR count). The predicted octanol–water partition coefficient (Wildman–Crippen LogP) is 4.31. The Hall–Kier alpha value is -2.10. The molecule has 3 heteroatoms. The summed E-state index contributed by atoms with van der Waals surface area (Å²) in [7, 11) is 1.53. The van der Waals surface area contributed by atoms with Gasteiger partial charge < -0.3 is 15.2 Å². The van der Waals surface area contributed by atoms with Crippen LogP contribution in [0.1, 0.15) is 43.4 Å². The number of hydrogen-bond acceptors (Lipinski definition) is 3. The van der Waals surface area contributed by atoms with Crippen molar-refractivity contribution < 1.29 is 9.84 Å². The largest absolute Gasteiger partial charge is 0.378 e. The van der Waals surface area contributed by atoms with Crippen LogP contribution in [0, 0.1) is 0 Å². The van der Waals surface area contributed by atoms with Crippen LogP contribution in [0.3, 0.4) is 0 Å². The summed E-state index contributed by atoms with van der Waals surface area (Å²) < 4.78 is 5.29. The molecule has 3 unspecified atom stereocenters. The molecule has 0 bridgehead atoms. The molecule has 0 fully saturated rings. The molecule has 0 saturated carbocycles. The minimum absolute atomic E-state index is 0.0703. The van der Waals surface area contributed by atoms with Gasteiger partial charge in [0, 0.05) is 18.4 Å². The van der Waals surface area contributed by atoms with Gasteiger partial charge in [-0.25, -0.2) is 0 Å². The minimum atomic E-state index is -0.920. The standard InChI is InChI=1S/C22H27NO2/c1-7-17-19(21(24)25-6)16-12-14-10-8-9-11-15(14)20(22(3,4)5)18(16)13(2)23-17/h7-12,17,19,21,23-24H,1-2H2,3-6H3. The zero-order chi connectivity index (χ0) is 18.4. The van der Waals surface area contributed by atoms with E-state index in [2.05, 4.69) is 63.5 Å². The first kappa shape index (κ1) is 17.7. The molecule has 2 aromatic carbocycles. The van der Waals surface area contributed by atoms with Gasteiger partial charge in [0.1, 0.15) is 0 Å². The second kappa shape index (κ2) is 6.32. The first-order chi connectivity index (χ1) is 11.8. The molecule has 0 spiro atoms. The molecule has 0 aliphatic carbocycles. The van der Waals surface area contributed by atoms with Crippen molar-refractivity contribution in [1.29, 1.82) is 0 Å². The normalized spacial score (nSPS) is 21.6. The lowest BCUT2D eigenvalue weighted by Gasteiger charge is -2.40. The molecule has 2 N–H and O–H groups in total. The maximum absolute atomic E-state index is 10.5. The van der Waals surface area contributed by atoms with Gasteiger partial charge in [0.2, 0.25) is 0 Å². The van der Waals surface area contributed by atoms with Gasteiger partial charge in [0.15, 0.2) is 6.29 Å². The number of methoxy groups -OCH3 is 1. The summed E-state index contributed by atoms with van der Waals surface area (Å²) in [6.07, 6.45) is 0.892. The predicted molar refractivity (Wildman–Crippen MR) is 105 cm³/mol. The fraction of sp³-hybridized carbons (Fsp3) is 0.364. The van der Waals surface area contributed by atoms with E-state index in [0.717, 1.165) is 22.2 Å².